The molecule has 3 aromatic rings. The SMILES string of the molecule is CCCCCc1c(OCCCn2cnc(-c3ccccc3)c2C)cccc1N(C)C. The molecule has 0 radical (unpaired) electrons. The van der Waals surface area contributed by atoms with Gasteiger partial charge in [-0.1, -0.05) is 56.2 Å². The summed E-state index contributed by atoms with van der Waals surface area (Å²) in [5.41, 5.74) is 6.04. The zero-order valence-electron chi connectivity index (χ0n) is 18.9. The average Bonchev–Trinajstić information content (AvgIpc) is 3.12. The maximum absolute atomic E-state index is 6.25. The molecule has 4 heteroatoms. The molecule has 3 rings (SSSR count). The molecule has 0 spiro atoms. The second-order valence-corrected chi connectivity index (χ2v) is 8.05. The normalized spacial score (nSPS) is 10.9. The van der Waals surface area contributed by atoms with E-state index in [4.69, 9.17) is 4.74 Å². The molecule has 2 aromatic carbocycles. The molecule has 0 amide bonds. The minimum absolute atomic E-state index is 0.704. The van der Waals surface area contributed by atoms with Gasteiger partial charge in [-0.05, 0) is 38.3 Å². The van der Waals surface area contributed by atoms with Crippen LogP contribution in [0, 0.1) is 6.92 Å². The molecule has 0 N–H and O–H groups in total. The van der Waals surface area contributed by atoms with Crippen LogP contribution >= 0.6 is 0 Å². The van der Waals surface area contributed by atoms with Crippen LogP contribution < -0.4 is 9.64 Å². The molecule has 1 heterocycles. The smallest absolute Gasteiger partial charge is 0.124 e. The van der Waals surface area contributed by atoms with Crippen molar-refractivity contribution in [1.29, 1.82) is 0 Å². The molecule has 0 aliphatic carbocycles. The highest BCUT2D eigenvalue weighted by molar-refractivity contribution is 5.61. The van der Waals surface area contributed by atoms with E-state index < -0.39 is 0 Å². The van der Waals surface area contributed by atoms with Gasteiger partial charge < -0.3 is 14.2 Å². The summed E-state index contributed by atoms with van der Waals surface area (Å²) in [5, 5.41) is 0. The van der Waals surface area contributed by atoms with Gasteiger partial charge in [-0.2, -0.15) is 0 Å². The van der Waals surface area contributed by atoms with Crippen LogP contribution in [-0.2, 0) is 13.0 Å². The van der Waals surface area contributed by atoms with E-state index in [-0.39, 0.29) is 0 Å². The fraction of sp³-hybridized carbons (Fsp3) is 0.423. The molecule has 0 unspecified atom stereocenters. The van der Waals surface area contributed by atoms with Gasteiger partial charge in [0.2, 0.25) is 0 Å². The van der Waals surface area contributed by atoms with Crippen molar-refractivity contribution in [2.24, 2.45) is 0 Å². The van der Waals surface area contributed by atoms with Crippen LogP contribution in [0.15, 0.2) is 54.9 Å². The summed E-state index contributed by atoms with van der Waals surface area (Å²) in [6.45, 7) is 6.00. The standard InChI is InChI=1S/C26H35N3O/c1-5-6-8-15-23-24(28(3)4)16-11-17-25(23)30-19-12-18-29-20-27-26(21(29)2)22-13-9-7-10-14-22/h7,9-11,13-14,16-17,20H,5-6,8,12,15,18-19H2,1-4H3. The molecule has 1 aromatic heterocycles. The van der Waals surface area contributed by atoms with E-state index in [1.165, 1.54) is 41.8 Å². The number of nitrogens with zero attached hydrogens (tertiary/aromatic N) is 3. The van der Waals surface area contributed by atoms with Crippen LogP contribution in [0.4, 0.5) is 5.69 Å². The highest BCUT2D eigenvalue weighted by atomic mass is 16.5. The lowest BCUT2D eigenvalue weighted by Gasteiger charge is -2.21. The average molecular weight is 406 g/mol. The number of hydrogen-bond donors (Lipinski definition) is 0. The Balaban J connectivity index is 1.60. The topological polar surface area (TPSA) is 30.3 Å². The first kappa shape index (κ1) is 21.9. The van der Waals surface area contributed by atoms with Crippen molar-refractivity contribution in [1.82, 2.24) is 9.55 Å². The van der Waals surface area contributed by atoms with Crippen molar-refractivity contribution in [3.63, 3.8) is 0 Å². The third kappa shape index (κ3) is 5.44. The van der Waals surface area contributed by atoms with Crippen LogP contribution in [0.3, 0.4) is 0 Å². The third-order valence-electron chi connectivity index (χ3n) is 5.57. The molecule has 0 bridgehead atoms. The molecule has 0 aliphatic heterocycles. The van der Waals surface area contributed by atoms with E-state index in [2.05, 4.69) is 84.9 Å². The predicted octanol–water partition coefficient (Wildman–Crippen LogP) is 6.13. The summed E-state index contributed by atoms with van der Waals surface area (Å²) in [6, 6.07) is 16.8. The summed E-state index contributed by atoms with van der Waals surface area (Å²) in [7, 11) is 4.21. The fourth-order valence-electron chi connectivity index (χ4n) is 3.88. The lowest BCUT2D eigenvalue weighted by molar-refractivity contribution is 0.298. The van der Waals surface area contributed by atoms with Gasteiger partial charge in [0.25, 0.3) is 0 Å². The second-order valence-electron chi connectivity index (χ2n) is 8.05. The van der Waals surface area contributed by atoms with Crippen LogP contribution in [0.5, 0.6) is 5.75 Å². The lowest BCUT2D eigenvalue weighted by atomic mass is 10.0. The number of benzene rings is 2. The van der Waals surface area contributed by atoms with Gasteiger partial charge in [-0.25, -0.2) is 4.98 Å². The molecule has 30 heavy (non-hydrogen) atoms. The van der Waals surface area contributed by atoms with Gasteiger partial charge in [-0.15, -0.1) is 0 Å². The van der Waals surface area contributed by atoms with Gasteiger partial charge in [0.15, 0.2) is 0 Å². The monoisotopic (exact) mass is 405 g/mol. The van der Waals surface area contributed by atoms with Gasteiger partial charge >= 0.3 is 0 Å². The highest BCUT2D eigenvalue weighted by Crippen LogP contribution is 2.30. The fourth-order valence-corrected chi connectivity index (χ4v) is 3.88. The summed E-state index contributed by atoms with van der Waals surface area (Å²) < 4.78 is 8.48. The maximum Gasteiger partial charge on any atom is 0.124 e. The number of ether oxygens (including phenoxy) is 1. The molecule has 0 aliphatic rings. The molecular formula is C26H35N3O. The number of anilines is 1. The number of hydrogen-bond acceptors (Lipinski definition) is 3. The van der Waals surface area contributed by atoms with E-state index in [1.807, 2.05) is 12.4 Å². The molecule has 0 saturated carbocycles. The summed E-state index contributed by atoms with van der Waals surface area (Å²) in [6.07, 6.45) is 7.65. The second kappa shape index (κ2) is 10.9. The van der Waals surface area contributed by atoms with Crippen LogP contribution in [-0.4, -0.2) is 30.3 Å². The molecule has 0 atom stereocenters. The van der Waals surface area contributed by atoms with Crippen molar-refractivity contribution < 1.29 is 4.74 Å². The van der Waals surface area contributed by atoms with E-state index >= 15 is 0 Å². The van der Waals surface area contributed by atoms with Crippen molar-refractivity contribution >= 4 is 5.69 Å². The third-order valence-corrected chi connectivity index (χ3v) is 5.57. The zero-order chi connectivity index (χ0) is 21.3. The van der Waals surface area contributed by atoms with E-state index in [1.54, 1.807) is 0 Å². The van der Waals surface area contributed by atoms with Crippen LogP contribution in [0.25, 0.3) is 11.3 Å². The predicted molar refractivity (Wildman–Crippen MR) is 127 cm³/mol. The Morgan fingerprint density at radius 1 is 0.967 bits per heavy atom. The number of aromatic nitrogens is 2. The molecule has 0 fully saturated rings. The maximum atomic E-state index is 6.25. The van der Waals surface area contributed by atoms with Gasteiger partial charge in [-0.3, -0.25) is 0 Å². The van der Waals surface area contributed by atoms with Crippen molar-refractivity contribution in [2.45, 2.75) is 52.5 Å². The minimum atomic E-state index is 0.704. The van der Waals surface area contributed by atoms with Gasteiger partial charge in [0, 0.05) is 43.1 Å². The summed E-state index contributed by atoms with van der Waals surface area (Å²) in [4.78, 5) is 6.82. The Morgan fingerprint density at radius 3 is 2.50 bits per heavy atom. The van der Waals surface area contributed by atoms with Gasteiger partial charge in [0.1, 0.15) is 5.75 Å². The number of aryl methyl sites for hydroxylation is 1. The van der Waals surface area contributed by atoms with Gasteiger partial charge in [0.05, 0.1) is 18.6 Å². The first-order valence-corrected chi connectivity index (χ1v) is 11.1. The van der Waals surface area contributed by atoms with Crippen LogP contribution in [0.2, 0.25) is 0 Å². The quantitative estimate of drug-likeness (QED) is 0.360. The Kier molecular flexibility index (Phi) is 7.95. The first-order chi connectivity index (χ1) is 14.6. The Labute approximate surface area is 181 Å². The number of imidazole rings is 1. The molecule has 0 saturated heterocycles. The Bertz CT molecular complexity index is 915. The van der Waals surface area contributed by atoms with E-state index in [0.29, 0.717) is 6.61 Å². The van der Waals surface area contributed by atoms with Crippen molar-refractivity contribution in [3.8, 4) is 17.0 Å². The largest absolute Gasteiger partial charge is 0.493 e. The highest BCUT2D eigenvalue weighted by Gasteiger charge is 2.12. The summed E-state index contributed by atoms with van der Waals surface area (Å²) >= 11 is 0. The van der Waals surface area contributed by atoms with E-state index in [9.17, 15) is 0 Å². The molecule has 4 nitrogen and oxygen atoms in total. The minimum Gasteiger partial charge on any atom is -0.493 e. The van der Waals surface area contributed by atoms with E-state index in [0.717, 1.165) is 30.8 Å². The molecular weight excluding hydrogens is 370 g/mol. The zero-order valence-corrected chi connectivity index (χ0v) is 18.9. The number of unbranched alkanes of at least 4 members (excludes halogenated alkanes) is 2. The first-order valence-electron chi connectivity index (χ1n) is 11.1. The van der Waals surface area contributed by atoms with Crippen LogP contribution in [0.1, 0.15) is 43.9 Å². The summed E-state index contributed by atoms with van der Waals surface area (Å²) in [5.74, 6) is 1.03. The van der Waals surface area contributed by atoms with Crippen molar-refractivity contribution in [3.05, 3.63) is 66.1 Å². The number of rotatable bonds is 11. The van der Waals surface area contributed by atoms with Crippen molar-refractivity contribution in [2.75, 3.05) is 25.6 Å². The Hall–Kier alpha value is -2.75. The Morgan fingerprint density at radius 2 is 1.77 bits per heavy atom. The molecule has 160 valence electrons. The lowest BCUT2D eigenvalue weighted by Crippen LogP contribution is -2.13.